The van der Waals surface area contributed by atoms with Crippen LogP contribution in [0, 0.1) is 0 Å². The van der Waals surface area contributed by atoms with E-state index in [1.807, 2.05) is 65.7 Å². The van der Waals surface area contributed by atoms with Gasteiger partial charge in [-0.3, -0.25) is 9.80 Å². The fourth-order valence-corrected chi connectivity index (χ4v) is 4.25. The molecule has 1 amide bonds. The molecule has 3 aromatic rings. The van der Waals surface area contributed by atoms with E-state index < -0.39 is 9.84 Å². The van der Waals surface area contributed by atoms with Crippen LogP contribution in [0.25, 0.3) is 0 Å². The lowest BCUT2D eigenvalue weighted by molar-refractivity contribution is -0.112. The van der Waals surface area contributed by atoms with Gasteiger partial charge >= 0.3 is 0 Å². The van der Waals surface area contributed by atoms with Crippen molar-refractivity contribution in [2.24, 2.45) is 5.10 Å². The molecule has 1 aliphatic heterocycles. The molecular weight excluding hydrogens is 410 g/mol. The van der Waals surface area contributed by atoms with Crippen molar-refractivity contribution in [2.45, 2.75) is 17.4 Å². The second-order valence-corrected chi connectivity index (χ2v) is 9.50. The topological polar surface area (TPSA) is 70.1 Å². The molecule has 7 heteroatoms. The molecule has 31 heavy (non-hydrogen) atoms. The number of benzene rings is 3. The van der Waals surface area contributed by atoms with Gasteiger partial charge in [-0.1, -0.05) is 48.5 Å². The maximum Gasteiger partial charge on any atom is 0.274 e. The van der Waals surface area contributed by atoms with E-state index in [4.69, 9.17) is 0 Å². The van der Waals surface area contributed by atoms with Gasteiger partial charge in [0.1, 0.15) is 5.71 Å². The van der Waals surface area contributed by atoms with Crippen LogP contribution in [0.3, 0.4) is 0 Å². The maximum absolute atomic E-state index is 13.2. The highest BCUT2D eigenvalue weighted by atomic mass is 32.2. The summed E-state index contributed by atoms with van der Waals surface area (Å²) in [5, 5.41) is 6.57. The van der Waals surface area contributed by atoms with Crippen molar-refractivity contribution in [1.82, 2.24) is 0 Å². The van der Waals surface area contributed by atoms with Crippen LogP contribution in [-0.2, 0) is 14.6 Å². The smallest absolute Gasteiger partial charge is 0.274 e. The molecule has 0 saturated carbocycles. The molecule has 1 unspecified atom stereocenters. The first-order valence-corrected chi connectivity index (χ1v) is 11.8. The summed E-state index contributed by atoms with van der Waals surface area (Å²) >= 11 is 0. The number of hydrazone groups is 1. The van der Waals surface area contributed by atoms with E-state index in [2.05, 4.69) is 5.10 Å². The van der Waals surface area contributed by atoms with Crippen LogP contribution in [0.4, 0.5) is 11.4 Å². The van der Waals surface area contributed by atoms with Gasteiger partial charge in [0.25, 0.3) is 5.91 Å². The minimum absolute atomic E-state index is 0.0800. The van der Waals surface area contributed by atoms with E-state index in [-0.39, 0.29) is 16.8 Å². The van der Waals surface area contributed by atoms with Gasteiger partial charge in [0, 0.05) is 25.4 Å². The van der Waals surface area contributed by atoms with E-state index in [0.29, 0.717) is 17.8 Å². The first-order chi connectivity index (χ1) is 14.8. The summed E-state index contributed by atoms with van der Waals surface area (Å²) in [5.74, 6) is -0.216. The van der Waals surface area contributed by atoms with Gasteiger partial charge in [0.15, 0.2) is 9.84 Å². The molecule has 6 nitrogen and oxygen atoms in total. The normalized spacial score (nSPS) is 16.1. The van der Waals surface area contributed by atoms with Crippen molar-refractivity contribution in [1.29, 1.82) is 0 Å². The summed E-state index contributed by atoms with van der Waals surface area (Å²) in [6.07, 6.45) is 1.63. The van der Waals surface area contributed by atoms with Gasteiger partial charge in [-0.15, -0.1) is 0 Å². The van der Waals surface area contributed by atoms with E-state index in [9.17, 15) is 13.2 Å². The summed E-state index contributed by atoms with van der Waals surface area (Å²) in [6, 6.07) is 26.0. The lowest BCUT2D eigenvalue weighted by Gasteiger charge is -2.23. The minimum Gasteiger partial charge on any atom is -0.310 e. The second kappa shape index (κ2) is 8.35. The number of para-hydroxylation sites is 1. The number of amides is 1. The Labute approximate surface area is 182 Å². The number of sulfone groups is 1. The van der Waals surface area contributed by atoms with Gasteiger partial charge in [-0.2, -0.15) is 5.10 Å². The number of hydrogen-bond acceptors (Lipinski definition) is 5. The third-order valence-electron chi connectivity index (χ3n) is 5.32. The maximum atomic E-state index is 13.2. The lowest BCUT2D eigenvalue weighted by Crippen LogP contribution is -2.32. The Morgan fingerprint density at radius 3 is 2.10 bits per heavy atom. The summed E-state index contributed by atoms with van der Waals surface area (Å²) in [6.45, 7) is 0. The summed E-state index contributed by atoms with van der Waals surface area (Å²) < 4.78 is 23.4. The Bertz CT molecular complexity index is 1210. The number of carbonyl (C=O) groups is 1. The quantitative estimate of drug-likeness (QED) is 0.608. The van der Waals surface area contributed by atoms with Crippen molar-refractivity contribution in [2.75, 3.05) is 23.2 Å². The van der Waals surface area contributed by atoms with Gasteiger partial charge < -0.3 is 4.90 Å². The zero-order valence-electron chi connectivity index (χ0n) is 17.3. The predicted molar refractivity (Wildman–Crippen MR) is 123 cm³/mol. The molecule has 158 valence electrons. The molecule has 0 N–H and O–H groups in total. The van der Waals surface area contributed by atoms with Crippen molar-refractivity contribution in [3.05, 3.63) is 90.5 Å². The number of hydrogen-bond donors (Lipinski definition) is 0. The standard InChI is InChI=1S/C24H23N3O3S/c1-26(19-13-15-21(16-14-19)31(2,29)30)24(28)22-17-23(18-9-5-3-6-10-18)27(25-22)20-11-7-4-8-12-20/h3-16,23H,17H2,1-2H3. The van der Waals surface area contributed by atoms with Crippen molar-refractivity contribution >= 4 is 32.8 Å². The summed E-state index contributed by atoms with van der Waals surface area (Å²) in [7, 11) is -1.62. The second-order valence-electron chi connectivity index (χ2n) is 7.49. The molecule has 0 bridgehead atoms. The summed E-state index contributed by atoms with van der Waals surface area (Å²) in [5.41, 5.74) is 3.05. The highest BCUT2D eigenvalue weighted by molar-refractivity contribution is 7.90. The van der Waals surface area contributed by atoms with Crippen molar-refractivity contribution in [3.63, 3.8) is 0 Å². The van der Waals surface area contributed by atoms with Crippen LogP contribution in [0.1, 0.15) is 18.0 Å². The van der Waals surface area contributed by atoms with E-state index in [0.717, 1.165) is 17.5 Å². The SMILES string of the molecule is CN(C(=O)C1=NN(c2ccccc2)C(c2ccccc2)C1)c1ccc(S(C)(=O)=O)cc1. The molecular formula is C24H23N3O3S. The fraction of sp³-hybridized carbons (Fsp3) is 0.167. The van der Waals surface area contributed by atoms with Crippen LogP contribution in [0.2, 0.25) is 0 Å². The van der Waals surface area contributed by atoms with E-state index in [1.54, 1.807) is 19.2 Å². The number of nitrogens with zero attached hydrogens (tertiary/aromatic N) is 3. The third-order valence-corrected chi connectivity index (χ3v) is 6.45. The minimum atomic E-state index is -3.29. The summed E-state index contributed by atoms with van der Waals surface area (Å²) in [4.78, 5) is 15.0. The molecule has 4 rings (SSSR count). The van der Waals surface area contributed by atoms with E-state index >= 15 is 0 Å². The molecule has 1 heterocycles. The van der Waals surface area contributed by atoms with Gasteiger partial charge in [0.05, 0.1) is 16.6 Å². The Hall–Kier alpha value is -3.45. The zero-order valence-corrected chi connectivity index (χ0v) is 18.2. The van der Waals surface area contributed by atoms with Gasteiger partial charge in [-0.05, 0) is 42.0 Å². The Balaban J connectivity index is 1.63. The molecule has 1 atom stereocenters. The first kappa shape index (κ1) is 20.8. The molecule has 0 aromatic heterocycles. The third kappa shape index (κ3) is 4.36. The molecule has 0 radical (unpaired) electrons. The van der Waals surface area contributed by atoms with Crippen molar-refractivity contribution < 1.29 is 13.2 Å². The molecule has 0 aliphatic carbocycles. The largest absolute Gasteiger partial charge is 0.310 e. The molecule has 3 aromatic carbocycles. The van der Waals surface area contributed by atoms with Crippen LogP contribution in [-0.4, -0.2) is 33.3 Å². The lowest BCUT2D eigenvalue weighted by atomic mass is 10.0. The average Bonchev–Trinajstić information content (AvgIpc) is 3.24. The van der Waals surface area contributed by atoms with Gasteiger partial charge in [-0.25, -0.2) is 8.42 Å². The fourth-order valence-electron chi connectivity index (χ4n) is 3.62. The van der Waals surface area contributed by atoms with Crippen LogP contribution >= 0.6 is 0 Å². The van der Waals surface area contributed by atoms with Crippen molar-refractivity contribution in [3.8, 4) is 0 Å². The highest BCUT2D eigenvalue weighted by Crippen LogP contribution is 2.35. The Morgan fingerprint density at radius 1 is 0.935 bits per heavy atom. The monoisotopic (exact) mass is 433 g/mol. The first-order valence-electron chi connectivity index (χ1n) is 9.89. The highest BCUT2D eigenvalue weighted by Gasteiger charge is 2.33. The van der Waals surface area contributed by atoms with E-state index in [1.165, 1.54) is 17.0 Å². The van der Waals surface area contributed by atoms with Crippen LogP contribution in [0.5, 0.6) is 0 Å². The van der Waals surface area contributed by atoms with Crippen LogP contribution < -0.4 is 9.91 Å². The molecule has 1 aliphatic rings. The zero-order chi connectivity index (χ0) is 22.0. The predicted octanol–water partition coefficient (Wildman–Crippen LogP) is 4.06. The number of carbonyl (C=O) groups excluding carboxylic acids is 1. The van der Waals surface area contributed by atoms with Crippen LogP contribution in [0.15, 0.2) is 94.9 Å². The number of anilines is 2. The Morgan fingerprint density at radius 2 is 1.52 bits per heavy atom. The molecule has 0 fully saturated rings. The Kier molecular flexibility index (Phi) is 5.61. The molecule has 0 spiro atoms. The molecule has 0 saturated heterocycles. The number of rotatable bonds is 5. The average molecular weight is 434 g/mol. The van der Waals surface area contributed by atoms with Gasteiger partial charge in [0.2, 0.25) is 0 Å².